The fourth-order valence-electron chi connectivity index (χ4n) is 3.72. The zero-order valence-corrected chi connectivity index (χ0v) is 18.7. The van der Waals surface area contributed by atoms with E-state index in [-0.39, 0.29) is 5.91 Å². The van der Waals surface area contributed by atoms with Crippen LogP contribution in [0.5, 0.6) is 0 Å². The van der Waals surface area contributed by atoms with E-state index in [4.69, 9.17) is 5.26 Å². The Hall–Kier alpha value is -4.03. The average Bonchev–Trinajstić information content (AvgIpc) is 3.43. The van der Waals surface area contributed by atoms with E-state index in [1.807, 2.05) is 32.3 Å². The first-order valence-corrected chi connectivity index (χ1v) is 10.8. The van der Waals surface area contributed by atoms with Gasteiger partial charge in [-0.3, -0.25) is 14.2 Å². The highest BCUT2D eigenvalue weighted by Gasteiger charge is 2.22. The van der Waals surface area contributed by atoms with Crippen molar-refractivity contribution in [3.8, 4) is 17.2 Å². The monoisotopic (exact) mass is 442 g/mol. The number of pyridine rings is 1. The van der Waals surface area contributed by atoms with Gasteiger partial charge >= 0.3 is 0 Å². The van der Waals surface area contributed by atoms with Crippen molar-refractivity contribution < 1.29 is 4.79 Å². The van der Waals surface area contributed by atoms with E-state index in [1.54, 1.807) is 33.9 Å². The number of carbonyl (C=O) groups excluding carboxylic acids is 1. The Morgan fingerprint density at radius 1 is 1.27 bits per heavy atom. The molecule has 168 valence electrons. The minimum absolute atomic E-state index is 0.177. The minimum Gasteiger partial charge on any atom is -0.309 e. The molecule has 33 heavy (non-hydrogen) atoms. The number of nitriles is 1. The molecule has 9 heteroatoms. The third kappa shape index (κ3) is 5.42. The van der Waals surface area contributed by atoms with Crippen LogP contribution in [0.3, 0.4) is 0 Å². The van der Waals surface area contributed by atoms with E-state index in [1.165, 1.54) is 0 Å². The average molecular weight is 443 g/mol. The molecule has 1 atom stereocenters. The van der Waals surface area contributed by atoms with Crippen LogP contribution >= 0.6 is 0 Å². The Balaban J connectivity index is 1.43. The molecule has 0 spiro atoms. The summed E-state index contributed by atoms with van der Waals surface area (Å²) in [6.45, 7) is 2.97. The lowest BCUT2D eigenvalue weighted by Crippen LogP contribution is -2.43. The number of nitrogens with one attached hydrogen (secondary N) is 2. The van der Waals surface area contributed by atoms with Gasteiger partial charge in [0.25, 0.3) is 0 Å². The number of anilines is 1. The maximum atomic E-state index is 13.2. The molecule has 1 amide bonds. The van der Waals surface area contributed by atoms with Crippen molar-refractivity contribution >= 4 is 11.7 Å². The molecule has 9 nitrogen and oxygen atoms in total. The normalized spacial score (nSPS) is 13.9. The molecule has 3 heterocycles. The SMILES string of the molecule is Cc1cc(C#N)nn1CCNC(C(=O)Nc1ccc(-c2cnn(C)c2)cn1)C1=CCCC=C1. The molecule has 1 aliphatic rings. The summed E-state index contributed by atoms with van der Waals surface area (Å²) in [6, 6.07) is 6.98. The molecular weight excluding hydrogens is 416 g/mol. The van der Waals surface area contributed by atoms with Gasteiger partial charge in [0, 0.05) is 42.8 Å². The molecule has 0 aliphatic heterocycles. The lowest BCUT2D eigenvalue weighted by atomic mass is 9.99. The zero-order valence-electron chi connectivity index (χ0n) is 18.7. The summed E-state index contributed by atoms with van der Waals surface area (Å²) in [5.41, 5.74) is 4.12. The number of amides is 1. The highest BCUT2D eigenvalue weighted by Crippen LogP contribution is 2.19. The minimum atomic E-state index is -0.521. The summed E-state index contributed by atoms with van der Waals surface area (Å²) in [6.07, 6.45) is 13.4. The summed E-state index contributed by atoms with van der Waals surface area (Å²) in [5, 5.41) is 23.7. The number of hydrogen-bond donors (Lipinski definition) is 2. The number of aromatic nitrogens is 5. The van der Waals surface area contributed by atoms with Gasteiger partial charge in [-0.1, -0.05) is 18.2 Å². The molecule has 0 radical (unpaired) electrons. The van der Waals surface area contributed by atoms with E-state index < -0.39 is 6.04 Å². The van der Waals surface area contributed by atoms with Crippen LogP contribution in [0.2, 0.25) is 0 Å². The summed E-state index contributed by atoms with van der Waals surface area (Å²) < 4.78 is 3.50. The predicted molar refractivity (Wildman–Crippen MR) is 125 cm³/mol. The Morgan fingerprint density at radius 2 is 2.15 bits per heavy atom. The molecule has 2 N–H and O–H groups in total. The Kier molecular flexibility index (Phi) is 6.76. The second-order valence-corrected chi connectivity index (χ2v) is 7.90. The van der Waals surface area contributed by atoms with Crippen LogP contribution in [0.1, 0.15) is 24.2 Å². The first kappa shape index (κ1) is 22.2. The van der Waals surface area contributed by atoms with Crippen molar-refractivity contribution in [3.05, 3.63) is 72.0 Å². The van der Waals surface area contributed by atoms with Crippen LogP contribution in [0.15, 0.2) is 60.6 Å². The highest BCUT2D eigenvalue weighted by molar-refractivity contribution is 5.96. The Labute approximate surface area is 192 Å². The van der Waals surface area contributed by atoms with Gasteiger partial charge in [-0.25, -0.2) is 4.98 Å². The Bertz CT molecular complexity index is 1230. The maximum Gasteiger partial charge on any atom is 0.247 e. The first-order valence-electron chi connectivity index (χ1n) is 10.8. The Morgan fingerprint density at radius 3 is 2.79 bits per heavy atom. The van der Waals surface area contributed by atoms with Gasteiger partial charge in [0.1, 0.15) is 17.9 Å². The number of allylic oxidation sites excluding steroid dienone is 2. The molecule has 0 bridgehead atoms. The summed E-state index contributed by atoms with van der Waals surface area (Å²) in [4.78, 5) is 17.6. The van der Waals surface area contributed by atoms with Crippen LogP contribution < -0.4 is 10.6 Å². The zero-order chi connectivity index (χ0) is 23.2. The van der Waals surface area contributed by atoms with Crippen molar-refractivity contribution in [1.29, 1.82) is 5.26 Å². The third-order valence-corrected chi connectivity index (χ3v) is 5.44. The molecule has 0 saturated heterocycles. The largest absolute Gasteiger partial charge is 0.309 e. The second-order valence-electron chi connectivity index (χ2n) is 7.90. The number of rotatable bonds is 8. The molecule has 0 fully saturated rings. The summed E-state index contributed by atoms with van der Waals surface area (Å²) in [5.74, 6) is 0.311. The van der Waals surface area contributed by atoms with Gasteiger partial charge in [-0.2, -0.15) is 15.5 Å². The van der Waals surface area contributed by atoms with Gasteiger partial charge in [-0.15, -0.1) is 0 Å². The quantitative estimate of drug-likeness (QED) is 0.555. The molecule has 1 aliphatic carbocycles. The van der Waals surface area contributed by atoms with Crippen LogP contribution in [0.25, 0.3) is 11.1 Å². The van der Waals surface area contributed by atoms with Crippen LogP contribution in [-0.2, 0) is 18.4 Å². The molecule has 1 unspecified atom stereocenters. The van der Waals surface area contributed by atoms with Crippen LogP contribution in [-0.4, -0.2) is 43.0 Å². The van der Waals surface area contributed by atoms with E-state index in [9.17, 15) is 4.79 Å². The number of carbonyl (C=O) groups is 1. The molecule has 3 aromatic rings. The van der Waals surface area contributed by atoms with Gasteiger partial charge in [-0.05, 0) is 43.5 Å². The first-order chi connectivity index (χ1) is 16.0. The summed E-state index contributed by atoms with van der Waals surface area (Å²) >= 11 is 0. The molecular formula is C24H26N8O. The molecule has 4 rings (SSSR count). The second kappa shape index (κ2) is 10.1. The van der Waals surface area contributed by atoms with Crippen molar-refractivity contribution in [3.63, 3.8) is 0 Å². The van der Waals surface area contributed by atoms with Gasteiger partial charge in [0.05, 0.1) is 12.7 Å². The number of aryl methyl sites for hydroxylation is 2. The van der Waals surface area contributed by atoms with E-state index >= 15 is 0 Å². The summed E-state index contributed by atoms with van der Waals surface area (Å²) in [7, 11) is 1.86. The predicted octanol–water partition coefficient (Wildman–Crippen LogP) is 2.73. The highest BCUT2D eigenvalue weighted by atomic mass is 16.2. The molecule has 0 saturated carbocycles. The standard InChI is InChI=1S/C24H26N8O/c1-17-12-21(13-25)30-32(17)11-10-26-23(18-6-4-3-5-7-18)24(33)29-22-9-8-19(14-27-22)20-15-28-31(2)16-20/h4,6-9,12,14-16,23,26H,3,5,10-11H2,1-2H3,(H,27,29,33). The van der Waals surface area contributed by atoms with Gasteiger partial charge < -0.3 is 10.6 Å². The lowest BCUT2D eigenvalue weighted by molar-refractivity contribution is -0.117. The number of hydrogen-bond acceptors (Lipinski definition) is 6. The molecule has 3 aromatic heterocycles. The topological polar surface area (TPSA) is 113 Å². The van der Waals surface area contributed by atoms with Gasteiger partial charge in [0.2, 0.25) is 5.91 Å². The van der Waals surface area contributed by atoms with Crippen LogP contribution in [0, 0.1) is 18.3 Å². The third-order valence-electron chi connectivity index (χ3n) is 5.44. The van der Waals surface area contributed by atoms with Crippen molar-refractivity contribution in [1.82, 2.24) is 29.9 Å². The van der Waals surface area contributed by atoms with Gasteiger partial charge in [0.15, 0.2) is 5.69 Å². The fourth-order valence-corrected chi connectivity index (χ4v) is 3.72. The lowest BCUT2D eigenvalue weighted by Gasteiger charge is -2.21. The fraction of sp³-hybridized carbons (Fsp3) is 0.292. The van der Waals surface area contributed by atoms with Crippen LogP contribution in [0.4, 0.5) is 5.82 Å². The van der Waals surface area contributed by atoms with Crippen molar-refractivity contribution in [2.45, 2.75) is 32.4 Å². The van der Waals surface area contributed by atoms with E-state index in [2.05, 4.69) is 44.0 Å². The smallest absolute Gasteiger partial charge is 0.247 e. The maximum absolute atomic E-state index is 13.2. The van der Waals surface area contributed by atoms with E-state index in [0.717, 1.165) is 35.2 Å². The number of nitrogens with zero attached hydrogens (tertiary/aromatic N) is 6. The van der Waals surface area contributed by atoms with Crippen molar-refractivity contribution in [2.75, 3.05) is 11.9 Å². The van der Waals surface area contributed by atoms with E-state index in [0.29, 0.717) is 24.6 Å². The molecule has 0 aromatic carbocycles. The van der Waals surface area contributed by atoms with Crippen molar-refractivity contribution in [2.24, 2.45) is 7.05 Å².